The van der Waals surface area contributed by atoms with Gasteiger partial charge in [-0.1, -0.05) is 26.0 Å². The number of hydrogen-bond donors (Lipinski definition) is 1. The van der Waals surface area contributed by atoms with Gasteiger partial charge < -0.3 is 14.5 Å². The summed E-state index contributed by atoms with van der Waals surface area (Å²) in [4.78, 5) is 26.5. The highest BCUT2D eigenvalue weighted by atomic mass is 16.5. The number of nitrogens with zero attached hydrogens (tertiary/aromatic N) is 2. The number of carbonyl (C=O) groups is 1. The molecule has 1 aromatic heterocycles. The fourth-order valence-corrected chi connectivity index (χ4v) is 3.18. The van der Waals surface area contributed by atoms with Crippen molar-refractivity contribution in [3.05, 3.63) is 34.8 Å². The van der Waals surface area contributed by atoms with Crippen LogP contribution in [0.3, 0.4) is 0 Å². The van der Waals surface area contributed by atoms with Crippen molar-refractivity contribution >= 4 is 17.0 Å². The van der Waals surface area contributed by atoms with Crippen molar-refractivity contribution in [1.29, 1.82) is 0 Å². The Labute approximate surface area is 146 Å². The number of hydrogen-bond acceptors (Lipinski definition) is 5. The summed E-state index contributed by atoms with van der Waals surface area (Å²) in [6.45, 7) is 8.23. The topological polar surface area (TPSA) is 76.7 Å². The van der Waals surface area contributed by atoms with Gasteiger partial charge in [-0.3, -0.25) is 14.3 Å². The van der Waals surface area contributed by atoms with Crippen molar-refractivity contribution in [3.8, 4) is 0 Å². The van der Waals surface area contributed by atoms with Crippen LogP contribution in [0.1, 0.15) is 13.8 Å². The van der Waals surface area contributed by atoms with E-state index in [9.17, 15) is 9.59 Å². The number of morpholine rings is 1. The third-order valence-corrected chi connectivity index (χ3v) is 4.25. The van der Waals surface area contributed by atoms with E-state index in [1.165, 1.54) is 4.57 Å². The molecule has 25 heavy (non-hydrogen) atoms. The van der Waals surface area contributed by atoms with Gasteiger partial charge in [-0.2, -0.15) is 0 Å². The monoisotopic (exact) mass is 347 g/mol. The number of amides is 1. The highest BCUT2D eigenvalue weighted by Crippen LogP contribution is 2.11. The average molecular weight is 347 g/mol. The fraction of sp³-hybridized carbons (Fsp3) is 0.556. The number of nitrogens with one attached hydrogen (secondary N) is 1. The van der Waals surface area contributed by atoms with Crippen LogP contribution in [0.25, 0.3) is 11.1 Å². The van der Waals surface area contributed by atoms with E-state index in [1.54, 1.807) is 18.2 Å². The lowest BCUT2D eigenvalue weighted by Crippen LogP contribution is -2.48. The average Bonchev–Trinajstić information content (AvgIpc) is 2.88. The van der Waals surface area contributed by atoms with Crippen LogP contribution in [-0.2, 0) is 16.1 Å². The van der Waals surface area contributed by atoms with E-state index in [4.69, 9.17) is 9.15 Å². The molecule has 1 saturated heterocycles. The van der Waals surface area contributed by atoms with E-state index in [1.807, 2.05) is 6.07 Å². The van der Waals surface area contributed by atoms with Crippen LogP contribution in [0.4, 0.5) is 0 Å². The van der Waals surface area contributed by atoms with Crippen LogP contribution < -0.4 is 11.1 Å². The number of fused-ring (bicyclic) bond motifs is 1. The quantitative estimate of drug-likeness (QED) is 0.846. The molecule has 0 bridgehead atoms. The van der Waals surface area contributed by atoms with Gasteiger partial charge in [0.25, 0.3) is 0 Å². The molecule has 136 valence electrons. The van der Waals surface area contributed by atoms with Crippen LogP contribution in [0.2, 0.25) is 0 Å². The van der Waals surface area contributed by atoms with Gasteiger partial charge in [-0.25, -0.2) is 4.79 Å². The molecule has 2 heterocycles. The number of carbonyl (C=O) groups excluding carboxylic acids is 1. The van der Waals surface area contributed by atoms with Crippen molar-refractivity contribution in [1.82, 2.24) is 14.8 Å². The Hall–Kier alpha value is -2.12. The van der Waals surface area contributed by atoms with E-state index >= 15 is 0 Å². The predicted molar refractivity (Wildman–Crippen MR) is 94.5 cm³/mol. The summed E-state index contributed by atoms with van der Waals surface area (Å²) in [5, 5.41) is 2.86. The number of aromatic nitrogens is 1. The van der Waals surface area contributed by atoms with E-state index in [2.05, 4.69) is 24.1 Å². The first-order valence-corrected chi connectivity index (χ1v) is 8.72. The summed E-state index contributed by atoms with van der Waals surface area (Å²) in [6.07, 6.45) is -0.0192. The molecule has 1 aliphatic heterocycles. The molecule has 7 heteroatoms. The van der Waals surface area contributed by atoms with Gasteiger partial charge in [-0.15, -0.1) is 0 Å². The number of rotatable bonds is 6. The van der Waals surface area contributed by atoms with Gasteiger partial charge in [0.1, 0.15) is 6.54 Å². The maximum atomic E-state index is 12.2. The Kier molecular flexibility index (Phi) is 5.55. The molecule has 1 atom stereocenters. The zero-order valence-electron chi connectivity index (χ0n) is 14.7. The van der Waals surface area contributed by atoms with Gasteiger partial charge in [0.05, 0.1) is 18.2 Å². The summed E-state index contributed by atoms with van der Waals surface area (Å²) in [7, 11) is 0. The zero-order valence-corrected chi connectivity index (χ0v) is 14.7. The molecular formula is C18H25N3O4. The maximum Gasteiger partial charge on any atom is 0.420 e. The normalized spacial score (nSPS) is 18.8. The molecule has 1 N–H and O–H groups in total. The van der Waals surface area contributed by atoms with Gasteiger partial charge in [0.2, 0.25) is 5.91 Å². The molecule has 1 fully saturated rings. The molecule has 0 spiro atoms. The molecule has 7 nitrogen and oxygen atoms in total. The summed E-state index contributed by atoms with van der Waals surface area (Å²) < 4.78 is 12.2. The first-order valence-electron chi connectivity index (χ1n) is 8.72. The van der Waals surface area contributed by atoms with E-state index < -0.39 is 5.76 Å². The lowest BCUT2D eigenvalue weighted by atomic mass is 10.2. The second-order valence-electron chi connectivity index (χ2n) is 6.87. The van der Waals surface area contributed by atoms with Gasteiger partial charge in [0, 0.05) is 26.2 Å². The van der Waals surface area contributed by atoms with Crippen LogP contribution in [0, 0.1) is 5.92 Å². The van der Waals surface area contributed by atoms with Crippen LogP contribution in [0.15, 0.2) is 33.5 Å². The lowest BCUT2D eigenvalue weighted by Gasteiger charge is -2.33. The highest BCUT2D eigenvalue weighted by molar-refractivity contribution is 5.79. The summed E-state index contributed by atoms with van der Waals surface area (Å²) in [5.41, 5.74) is 1.11. The molecular weight excluding hydrogens is 322 g/mol. The first kappa shape index (κ1) is 17.7. The minimum absolute atomic E-state index is 0.0192. The van der Waals surface area contributed by atoms with E-state index in [-0.39, 0.29) is 18.6 Å². The molecule has 0 saturated carbocycles. The van der Waals surface area contributed by atoms with E-state index in [0.717, 1.165) is 19.6 Å². The molecule has 1 aromatic carbocycles. The smallest absolute Gasteiger partial charge is 0.408 e. The molecule has 1 aliphatic rings. The van der Waals surface area contributed by atoms with E-state index in [0.29, 0.717) is 30.2 Å². The summed E-state index contributed by atoms with van der Waals surface area (Å²) in [6, 6.07) is 7.08. The molecule has 1 unspecified atom stereocenters. The summed E-state index contributed by atoms with van der Waals surface area (Å²) in [5.74, 6) is -0.138. The Morgan fingerprint density at radius 2 is 2.16 bits per heavy atom. The Balaban J connectivity index is 1.54. The molecule has 1 amide bonds. The number of para-hydroxylation sites is 2. The van der Waals surface area contributed by atoms with Crippen molar-refractivity contribution in [3.63, 3.8) is 0 Å². The largest absolute Gasteiger partial charge is 0.420 e. The third-order valence-electron chi connectivity index (χ3n) is 4.25. The molecule has 2 aromatic rings. The van der Waals surface area contributed by atoms with Gasteiger partial charge >= 0.3 is 5.76 Å². The lowest BCUT2D eigenvalue weighted by molar-refractivity contribution is -0.123. The number of ether oxygens (including phenoxy) is 1. The number of oxazole rings is 1. The van der Waals surface area contributed by atoms with Crippen LogP contribution >= 0.6 is 0 Å². The number of benzene rings is 1. The summed E-state index contributed by atoms with van der Waals surface area (Å²) >= 11 is 0. The zero-order chi connectivity index (χ0) is 17.8. The first-order chi connectivity index (χ1) is 12.0. The maximum absolute atomic E-state index is 12.2. The van der Waals surface area contributed by atoms with Crippen molar-refractivity contribution in [2.24, 2.45) is 5.92 Å². The second-order valence-corrected chi connectivity index (χ2v) is 6.87. The predicted octanol–water partition coefficient (Wildman–Crippen LogP) is 1.07. The SMILES string of the molecule is CC(C)CN1CCOC(CNC(=O)Cn2c(=O)oc3ccccc32)C1. The molecule has 0 radical (unpaired) electrons. The van der Waals surface area contributed by atoms with Crippen LogP contribution in [0.5, 0.6) is 0 Å². The van der Waals surface area contributed by atoms with Gasteiger partial charge in [-0.05, 0) is 18.1 Å². The van der Waals surface area contributed by atoms with Gasteiger partial charge in [0.15, 0.2) is 5.58 Å². The van der Waals surface area contributed by atoms with Crippen molar-refractivity contribution < 1.29 is 13.9 Å². The Morgan fingerprint density at radius 1 is 1.36 bits per heavy atom. The molecule has 0 aliphatic carbocycles. The Morgan fingerprint density at radius 3 is 2.96 bits per heavy atom. The van der Waals surface area contributed by atoms with Crippen LogP contribution in [-0.4, -0.2) is 54.3 Å². The minimum Gasteiger partial charge on any atom is -0.408 e. The Bertz CT molecular complexity index is 780. The fourth-order valence-electron chi connectivity index (χ4n) is 3.18. The minimum atomic E-state index is -0.520. The molecule has 3 rings (SSSR count). The standard InChI is InChI=1S/C18H25N3O4/c1-13(2)10-20-7-8-24-14(11-20)9-19-17(22)12-21-15-5-3-4-6-16(15)25-18(21)23/h3-6,13-14H,7-12H2,1-2H3,(H,19,22). The highest BCUT2D eigenvalue weighted by Gasteiger charge is 2.21. The van der Waals surface area contributed by atoms with Crippen molar-refractivity contribution in [2.75, 3.05) is 32.8 Å². The van der Waals surface area contributed by atoms with Crippen molar-refractivity contribution in [2.45, 2.75) is 26.5 Å². The third kappa shape index (κ3) is 4.49. The second kappa shape index (κ2) is 7.84.